The van der Waals surface area contributed by atoms with Crippen LogP contribution in [0.1, 0.15) is 5.56 Å². The average Bonchev–Trinajstić information content (AvgIpc) is 2.37. The van der Waals surface area contributed by atoms with E-state index in [0.29, 0.717) is 6.07 Å². The summed E-state index contributed by atoms with van der Waals surface area (Å²) in [7, 11) is 0. The Labute approximate surface area is 117 Å². The van der Waals surface area contributed by atoms with E-state index < -0.39 is 30.5 Å². The lowest BCUT2D eigenvalue weighted by Crippen LogP contribution is -2.36. The molecule has 0 heterocycles. The van der Waals surface area contributed by atoms with Crippen LogP contribution in [0, 0.1) is 0 Å². The maximum absolute atomic E-state index is 12.4. The van der Waals surface area contributed by atoms with Crippen molar-refractivity contribution in [2.24, 2.45) is 0 Å². The number of hydrogen-bond acceptors (Lipinski definition) is 3. The predicted molar refractivity (Wildman–Crippen MR) is 66.6 cm³/mol. The summed E-state index contributed by atoms with van der Waals surface area (Å²) in [5.41, 5.74) is -0.931. The number of aliphatic hydroxyl groups excluding tert-OH is 2. The van der Waals surface area contributed by atoms with Gasteiger partial charge in [-0.05, 0) is 18.2 Å². The van der Waals surface area contributed by atoms with Gasteiger partial charge in [-0.15, -0.1) is 0 Å². The monoisotopic (exact) mass is 312 g/mol. The van der Waals surface area contributed by atoms with Gasteiger partial charge in [-0.1, -0.05) is 11.6 Å². The first-order valence-corrected chi connectivity index (χ1v) is 5.82. The van der Waals surface area contributed by atoms with Gasteiger partial charge in [0.25, 0.3) is 0 Å². The van der Waals surface area contributed by atoms with Crippen LogP contribution in [-0.4, -0.2) is 35.5 Å². The molecule has 1 rings (SSSR count). The number of amides is 2. The van der Waals surface area contributed by atoms with Gasteiger partial charge in [-0.25, -0.2) is 4.79 Å². The zero-order valence-electron chi connectivity index (χ0n) is 10.0. The fraction of sp³-hybridized carbons (Fsp3) is 0.364. The highest BCUT2D eigenvalue weighted by Gasteiger charge is 2.30. The maximum atomic E-state index is 12.4. The molecule has 5 nitrogen and oxygen atoms in total. The number of rotatable bonds is 4. The van der Waals surface area contributed by atoms with E-state index in [1.807, 2.05) is 0 Å². The van der Waals surface area contributed by atoms with Crippen molar-refractivity contribution in [3.63, 3.8) is 0 Å². The maximum Gasteiger partial charge on any atom is 0.416 e. The van der Waals surface area contributed by atoms with E-state index in [0.717, 1.165) is 12.1 Å². The van der Waals surface area contributed by atoms with E-state index in [4.69, 9.17) is 21.8 Å². The van der Waals surface area contributed by atoms with Crippen molar-refractivity contribution in [3.05, 3.63) is 28.8 Å². The summed E-state index contributed by atoms with van der Waals surface area (Å²) in [4.78, 5) is 11.4. The van der Waals surface area contributed by atoms with Gasteiger partial charge < -0.3 is 20.8 Å². The minimum absolute atomic E-state index is 0.00402. The number of anilines is 1. The number of benzene rings is 1. The van der Waals surface area contributed by atoms with Gasteiger partial charge in [0.05, 0.1) is 29.0 Å². The molecule has 0 radical (unpaired) electrons. The number of alkyl halides is 3. The summed E-state index contributed by atoms with van der Waals surface area (Å²) in [6.07, 6.45) is -5.64. The highest BCUT2D eigenvalue weighted by Crippen LogP contribution is 2.33. The summed E-state index contributed by atoms with van der Waals surface area (Å²) in [5.74, 6) is 0. The normalized spacial score (nSPS) is 12.9. The molecule has 0 fully saturated rings. The Morgan fingerprint density at radius 1 is 1.40 bits per heavy atom. The smallest absolute Gasteiger partial charge is 0.394 e. The third-order valence-electron chi connectivity index (χ3n) is 2.25. The molecular formula is C11H12ClF3N2O3. The van der Waals surface area contributed by atoms with Gasteiger partial charge >= 0.3 is 12.2 Å². The Morgan fingerprint density at radius 2 is 2.05 bits per heavy atom. The van der Waals surface area contributed by atoms with E-state index in [1.54, 1.807) is 0 Å². The van der Waals surface area contributed by atoms with Crippen molar-refractivity contribution in [1.29, 1.82) is 0 Å². The molecular weight excluding hydrogens is 301 g/mol. The predicted octanol–water partition coefficient (Wildman–Crippen LogP) is 1.83. The standard InChI is InChI=1S/C11H12ClF3N2O3/c12-8-3-6(11(13,14)15)1-2-9(8)17-10(20)16-4-7(19)5-18/h1-3,7,18-19H,4-5H2,(H2,16,17,20). The Kier molecular flexibility index (Phi) is 5.61. The molecule has 1 atom stereocenters. The largest absolute Gasteiger partial charge is 0.416 e. The molecule has 20 heavy (non-hydrogen) atoms. The molecule has 1 aromatic rings. The Morgan fingerprint density at radius 3 is 2.55 bits per heavy atom. The average molecular weight is 313 g/mol. The SMILES string of the molecule is O=C(NCC(O)CO)Nc1ccc(C(F)(F)F)cc1Cl. The molecule has 2 amide bonds. The first-order valence-electron chi connectivity index (χ1n) is 5.44. The van der Waals surface area contributed by atoms with Crippen LogP contribution in [-0.2, 0) is 6.18 Å². The third-order valence-corrected chi connectivity index (χ3v) is 2.57. The van der Waals surface area contributed by atoms with Crippen LogP contribution in [0.4, 0.5) is 23.7 Å². The van der Waals surface area contributed by atoms with Crippen LogP contribution in [0.5, 0.6) is 0 Å². The van der Waals surface area contributed by atoms with Crippen molar-refractivity contribution in [1.82, 2.24) is 5.32 Å². The number of carbonyl (C=O) groups is 1. The van der Waals surface area contributed by atoms with Crippen molar-refractivity contribution in [3.8, 4) is 0 Å². The molecule has 1 unspecified atom stereocenters. The second-order valence-electron chi connectivity index (χ2n) is 3.86. The number of carbonyl (C=O) groups excluding carboxylic acids is 1. The van der Waals surface area contributed by atoms with Gasteiger partial charge in [0.2, 0.25) is 0 Å². The van der Waals surface area contributed by atoms with Crippen LogP contribution >= 0.6 is 11.6 Å². The Bertz CT molecular complexity index is 482. The lowest BCUT2D eigenvalue weighted by atomic mass is 10.2. The quantitative estimate of drug-likeness (QED) is 0.684. The van der Waals surface area contributed by atoms with Crippen molar-refractivity contribution in [2.45, 2.75) is 12.3 Å². The third kappa shape index (κ3) is 4.87. The second-order valence-corrected chi connectivity index (χ2v) is 4.27. The van der Waals surface area contributed by atoms with Crippen LogP contribution < -0.4 is 10.6 Å². The lowest BCUT2D eigenvalue weighted by Gasteiger charge is -2.13. The lowest BCUT2D eigenvalue weighted by molar-refractivity contribution is -0.137. The fourth-order valence-corrected chi connectivity index (χ4v) is 1.46. The van der Waals surface area contributed by atoms with Gasteiger partial charge in [0, 0.05) is 6.54 Å². The molecule has 0 saturated carbocycles. The fourth-order valence-electron chi connectivity index (χ4n) is 1.23. The molecule has 0 saturated heterocycles. The zero-order valence-corrected chi connectivity index (χ0v) is 10.8. The summed E-state index contributed by atoms with van der Waals surface area (Å²) < 4.78 is 37.2. The second kappa shape index (κ2) is 6.78. The number of hydrogen-bond donors (Lipinski definition) is 4. The van der Waals surface area contributed by atoms with Crippen LogP contribution in [0.25, 0.3) is 0 Å². The van der Waals surface area contributed by atoms with Gasteiger partial charge in [-0.2, -0.15) is 13.2 Å². The van der Waals surface area contributed by atoms with Crippen molar-refractivity contribution >= 4 is 23.3 Å². The first kappa shape index (κ1) is 16.5. The van der Waals surface area contributed by atoms with E-state index in [-0.39, 0.29) is 17.3 Å². The molecule has 0 aliphatic rings. The Balaban J connectivity index is 2.67. The van der Waals surface area contributed by atoms with Crippen LogP contribution in [0.15, 0.2) is 18.2 Å². The summed E-state index contributed by atoms with van der Waals surface area (Å²) in [6, 6.07) is 1.73. The highest BCUT2D eigenvalue weighted by atomic mass is 35.5. The van der Waals surface area contributed by atoms with E-state index in [9.17, 15) is 18.0 Å². The molecule has 1 aromatic carbocycles. The summed E-state index contributed by atoms with van der Waals surface area (Å²) in [6.45, 7) is -0.734. The molecule has 4 N–H and O–H groups in total. The van der Waals surface area contributed by atoms with Crippen molar-refractivity contribution < 1.29 is 28.2 Å². The molecule has 112 valence electrons. The molecule has 0 bridgehead atoms. The minimum Gasteiger partial charge on any atom is -0.394 e. The topological polar surface area (TPSA) is 81.6 Å². The Hall–Kier alpha value is -1.51. The van der Waals surface area contributed by atoms with Crippen LogP contribution in [0.2, 0.25) is 5.02 Å². The molecule has 9 heteroatoms. The molecule has 0 aliphatic heterocycles. The van der Waals surface area contributed by atoms with Gasteiger partial charge in [0.15, 0.2) is 0 Å². The zero-order chi connectivity index (χ0) is 15.3. The minimum atomic E-state index is -4.52. The van der Waals surface area contributed by atoms with Crippen LogP contribution in [0.3, 0.4) is 0 Å². The van der Waals surface area contributed by atoms with Gasteiger partial charge in [0.1, 0.15) is 0 Å². The van der Waals surface area contributed by atoms with E-state index in [1.165, 1.54) is 0 Å². The molecule has 0 aliphatic carbocycles. The number of nitrogens with one attached hydrogen (secondary N) is 2. The summed E-state index contributed by atoms with van der Waals surface area (Å²) in [5, 5.41) is 21.7. The molecule has 0 aromatic heterocycles. The summed E-state index contributed by atoms with van der Waals surface area (Å²) >= 11 is 5.64. The van der Waals surface area contributed by atoms with Gasteiger partial charge in [-0.3, -0.25) is 0 Å². The number of halogens is 4. The number of aliphatic hydroxyl groups is 2. The van der Waals surface area contributed by atoms with E-state index >= 15 is 0 Å². The highest BCUT2D eigenvalue weighted by molar-refractivity contribution is 6.33. The van der Waals surface area contributed by atoms with Crippen molar-refractivity contribution in [2.75, 3.05) is 18.5 Å². The first-order chi connectivity index (χ1) is 9.24. The molecule has 0 spiro atoms. The van der Waals surface area contributed by atoms with E-state index in [2.05, 4.69) is 10.6 Å². The number of urea groups is 1.